The maximum Gasteiger partial charge on any atom is 0.246 e. The van der Waals surface area contributed by atoms with Gasteiger partial charge < -0.3 is 16.0 Å². The Morgan fingerprint density at radius 3 is 2.03 bits per heavy atom. The standard InChI is InChI=1S/C23H32N4O5.C2H6.CH5P/c1-13(2)20(26-18(28)10-11-27-19(29)12-15(4)23(27)32)22(31)24-16(5)21(30)25-17-8-6-14(3)7-9-17;2*1-2/h6-9,13,15-16,20H,10-12H2,1-5H3,(H,24,31)(H,25,30)(H,26,28);1-2H3;2H2,1H3. The Morgan fingerprint density at radius 2 is 1.56 bits per heavy atom. The summed E-state index contributed by atoms with van der Waals surface area (Å²) < 4.78 is 0. The summed E-state index contributed by atoms with van der Waals surface area (Å²) in [5.41, 5.74) is 1.68. The summed E-state index contributed by atoms with van der Waals surface area (Å²) in [6.07, 6.45) is 0.0597. The minimum atomic E-state index is -0.860. The van der Waals surface area contributed by atoms with E-state index < -0.39 is 23.9 Å². The van der Waals surface area contributed by atoms with Gasteiger partial charge in [0, 0.05) is 31.0 Å². The van der Waals surface area contributed by atoms with Gasteiger partial charge in [-0.15, -0.1) is 9.24 Å². The number of likely N-dealkylation sites (tertiary alicyclic amines) is 1. The lowest BCUT2D eigenvalue weighted by atomic mass is 10.0. The number of benzene rings is 1. The molecule has 4 atom stereocenters. The van der Waals surface area contributed by atoms with Gasteiger partial charge in [-0.2, -0.15) is 0 Å². The number of rotatable bonds is 9. The van der Waals surface area contributed by atoms with E-state index >= 15 is 0 Å². The maximum atomic E-state index is 12.7. The average molecular weight is 523 g/mol. The number of anilines is 1. The Bertz CT molecular complexity index is 889. The zero-order valence-corrected chi connectivity index (χ0v) is 24.0. The lowest BCUT2D eigenvalue weighted by Gasteiger charge is -2.24. The molecule has 0 radical (unpaired) electrons. The smallest absolute Gasteiger partial charge is 0.246 e. The van der Waals surface area contributed by atoms with Gasteiger partial charge in [-0.25, -0.2) is 0 Å². The SMILES string of the molecule is CC.CP.Cc1ccc(NC(=O)C(C)NC(=O)C(NC(=O)CCN2C(=O)CC(C)C2=O)C(C)C)cc1. The minimum absolute atomic E-state index is 0.0182. The fourth-order valence-corrected chi connectivity index (χ4v) is 3.33. The quantitative estimate of drug-likeness (QED) is 0.340. The third kappa shape index (κ3) is 10.4. The highest BCUT2D eigenvalue weighted by Gasteiger charge is 2.35. The van der Waals surface area contributed by atoms with Gasteiger partial charge in [0.25, 0.3) is 0 Å². The molecule has 4 unspecified atom stereocenters. The van der Waals surface area contributed by atoms with Gasteiger partial charge >= 0.3 is 0 Å². The molecule has 1 fully saturated rings. The fourth-order valence-electron chi connectivity index (χ4n) is 3.33. The first-order chi connectivity index (χ1) is 17.0. The number of carbonyl (C=O) groups is 5. The van der Waals surface area contributed by atoms with Gasteiger partial charge in [0.05, 0.1) is 0 Å². The topological polar surface area (TPSA) is 125 Å². The summed E-state index contributed by atoms with van der Waals surface area (Å²) in [5, 5.41) is 8.02. The third-order valence-corrected chi connectivity index (χ3v) is 5.37. The second-order valence-electron chi connectivity index (χ2n) is 8.61. The molecule has 1 heterocycles. The Balaban J connectivity index is 0.00000291. The number of nitrogens with zero attached hydrogens (tertiary/aromatic N) is 1. The molecule has 3 N–H and O–H groups in total. The van der Waals surface area contributed by atoms with Crippen LogP contribution in [0, 0.1) is 18.8 Å². The van der Waals surface area contributed by atoms with Crippen LogP contribution in [0.3, 0.4) is 0 Å². The van der Waals surface area contributed by atoms with Gasteiger partial charge in [-0.05, 0) is 31.9 Å². The summed E-state index contributed by atoms with van der Waals surface area (Å²) in [6.45, 7) is 14.6. The molecule has 1 saturated heterocycles. The Hall–Kier alpha value is -2.80. The molecule has 0 aliphatic carbocycles. The van der Waals surface area contributed by atoms with E-state index in [0.29, 0.717) is 5.69 Å². The molecule has 1 aliphatic heterocycles. The van der Waals surface area contributed by atoms with E-state index in [4.69, 9.17) is 0 Å². The van der Waals surface area contributed by atoms with Gasteiger partial charge in [0.2, 0.25) is 29.5 Å². The molecule has 0 saturated carbocycles. The van der Waals surface area contributed by atoms with Crippen molar-refractivity contribution in [3.05, 3.63) is 29.8 Å². The Morgan fingerprint density at radius 1 is 1.00 bits per heavy atom. The van der Waals surface area contributed by atoms with Crippen LogP contribution in [0.2, 0.25) is 0 Å². The largest absolute Gasteiger partial charge is 0.344 e. The van der Waals surface area contributed by atoms with Gasteiger partial charge in [-0.3, -0.25) is 28.9 Å². The van der Waals surface area contributed by atoms with Crippen molar-refractivity contribution in [2.45, 2.75) is 73.4 Å². The van der Waals surface area contributed by atoms with Crippen LogP contribution in [0.1, 0.15) is 59.9 Å². The molecule has 1 aromatic rings. The van der Waals surface area contributed by atoms with E-state index in [0.717, 1.165) is 10.5 Å². The summed E-state index contributed by atoms with van der Waals surface area (Å²) in [6, 6.07) is 5.61. The van der Waals surface area contributed by atoms with E-state index in [9.17, 15) is 24.0 Å². The summed E-state index contributed by atoms with van der Waals surface area (Å²) in [7, 11) is 2.42. The highest BCUT2D eigenvalue weighted by Crippen LogP contribution is 2.18. The number of hydrogen-bond donors (Lipinski definition) is 3. The number of amides is 5. The monoisotopic (exact) mass is 522 g/mol. The molecule has 2 rings (SSSR count). The molecule has 0 spiro atoms. The molecule has 10 heteroatoms. The Kier molecular flexibility index (Phi) is 15.5. The second-order valence-corrected chi connectivity index (χ2v) is 8.61. The molecular weight excluding hydrogens is 479 g/mol. The third-order valence-electron chi connectivity index (χ3n) is 5.37. The molecule has 0 aromatic heterocycles. The predicted octanol–water partition coefficient (Wildman–Crippen LogP) is 2.88. The van der Waals surface area contributed by atoms with Crippen molar-refractivity contribution in [1.82, 2.24) is 15.5 Å². The molecule has 1 aromatic carbocycles. The summed E-state index contributed by atoms with van der Waals surface area (Å²) >= 11 is 0. The lowest BCUT2D eigenvalue weighted by Crippen LogP contribution is -2.54. The Labute approximate surface area is 217 Å². The van der Waals surface area contributed by atoms with Crippen molar-refractivity contribution >= 4 is 44.5 Å². The highest BCUT2D eigenvalue weighted by molar-refractivity contribution is 7.15. The van der Waals surface area contributed by atoms with Crippen LogP contribution in [0.5, 0.6) is 0 Å². The van der Waals surface area contributed by atoms with Gasteiger partial charge in [-0.1, -0.05) is 59.0 Å². The second kappa shape index (κ2) is 16.8. The van der Waals surface area contributed by atoms with Crippen LogP contribution in [0.15, 0.2) is 24.3 Å². The maximum absolute atomic E-state index is 12.7. The minimum Gasteiger partial charge on any atom is -0.344 e. The summed E-state index contributed by atoms with van der Waals surface area (Å²) in [4.78, 5) is 62.4. The van der Waals surface area contributed by atoms with Crippen molar-refractivity contribution < 1.29 is 24.0 Å². The zero-order valence-electron chi connectivity index (χ0n) is 22.8. The molecule has 202 valence electrons. The molecule has 0 bridgehead atoms. The van der Waals surface area contributed by atoms with Crippen LogP contribution in [-0.4, -0.2) is 59.7 Å². The van der Waals surface area contributed by atoms with Crippen molar-refractivity contribution in [2.24, 2.45) is 11.8 Å². The molecule has 5 amide bonds. The van der Waals surface area contributed by atoms with Crippen LogP contribution in [0.4, 0.5) is 5.69 Å². The van der Waals surface area contributed by atoms with E-state index in [1.807, 2.05) is 39.6 Å². The lowest BCUT2D eigenvalue weighted by molar-refractivity contribution is -0.140. The van der Waals surface area contributed by atoms with E-state index in [1.54, 1.807) is 39.8 Å². The normalized spacial score (nSPS) is 16.2. The van der Waals surface area contributed by atoms with Crippen LogP contribution in [-0.2, 0) is 24.0 Å². The number of carbonyl (C=O) groups excluding carboxylic acids is 5. The number of imide groups is 1. The van der Waals surface area contributed by atoms with Crippen molar-refractivity contribution in [3.63, 3.8) is 0 Å². The summed E-state index contributed by atoms with van der Waals surface area (Å²) in [5.74, 6) is -2.49. The fraction of sp³-hybridized carbons (Fsp3) is 0.577. The van der Waals surface area contributed by atoms with Crippen molar-refractivity contribution in [3.8, 4) is 0 Å². The molecule has 9 nitrogen and oxygen atoms in total. The number of hydrogen-bond acceptors (Lipinski definition) is 5. The van der Waals surface area contributed by atoms with Crippen molar-refractivity contribution in [2.75, 3.05) is 18.5 Å². The van der Waals surface area contributed by atoms with Crippen LogP contribution in [0.25, 0.3) is 0 Å². The average Bonchev–Trinajstić information content (AvgIpc) is 3.10. The molecule has 1 aliphatic rings. The zero-order chi connectivity index (χ0) is 28.0. The van der Waals surface area contributed by atoms with Gasteiger partial charge in [0.1, 0.15) is 12.1 Å². The predicted molar refractivity (Wildman–Crippen MR) is 146 cm³/mol. The van der Waals surface area contributed by atoms with E-state index in [-0.39, 0.29) is 48.9 Å². The number of nitrogens with one attached hydrogen (secondary N) is 3. The highest BCUT2D eigenvalue weighted by atomic mass is 31.0. The first kappa shape index (κ1) is 33.2. The van der Waals surface area contributed by atoms with Crippen molar-refractivity contribution in [1.29, 1.82) is 0 Å². The van der Waals surface area contributed by atoms with E-state index in [1.165, 1.54) is 0 Å². The molecular formula is C26H43N4O5P. The van der Waals surface area contributed by atoms with Crippen LogP contribution < -0.4 is 16.0 Å². The van der Waals surface area contributed by atoms with E-state index in [2.05, 4.69) is 25.2 Å². The first-order valence-electron chi connectivity index (χ1n) is 12.4. The molecule has 36 heavy (non-hydrogen) atoms. The van der Waals surface area contributed by atoms with Gasteiger partial charge in [0.15, 0.2) is 0 Å². The van der Waals surface area contributed by atoms with Crippen LogP contribution >= 0.6 is 9.24 Å². The first-order valence-corrected chi connectivity index (χ1v) is 13.5. The number of aryl methyl sites for hydroxylation is 1.